The minimum absolute atomic E-state index is 0.245. The summed E-state index contributed by atoms with van der Waals surface area (Å²) in [6.07, 6.45) is 0.654. The second-order valence-corrected chi connectivity index (χ2v) is 7.12. The van der Waals surface area contributed by atoms with Gasteiger partial charge in [0.15, 0.2) is 9.84 Å². The number of carbonyl (C=O) groups is 2. The molecule has 0 saturated heterocycles. The van der Waals surface area contributed by atoms with Gasteiger partial charge in [-0.25, -0.2) is 8.42 Å². The van der Waals surface area contributed by atoms with Crippen LogP contribution in [-0.2, 0) is 19.4 Å². The number of rotatable bonds is 10. The molecule has 7 heteroatoms. The zero-order valence-electron chi connectivity index (χ0n) is 11.3. The van der Waals surface area contributed by atoms with Crippen molar-refractivity contribution in [3.8, 4) is 0 Å². The van der Waals surface area contributed by atoms with E-state index < -0.39 is 45.1 Å². The van der Waals surface area contributed by atoms with E-state index in [-0.39, 0.29) is 12.8 Å². The van der Waals surface area contributed by atoms with Crippen molar-refractivity contribution in [3.63, 3.8) is 0 Å². The molecule has 6 nitrogen and oxygen atoms in total. The summed E-state index contributed by atoms with van der Waals surface area (Å²) in [7, 11) is -3.74. The van der Waals surface area contributed by atoms with Crippen molar-refractivity contribution in [1.29, 1.82) is 0 Å². The average Bonchev–Trinajstić information content (AvgIpc) is 2.26. The first-order valence-corrected chi connectivity index (χ1v) is 8.02. The first-order valence-electron chi connectivity index (χ1n) is 6.41. The summed E-state index contributed by atoms with van der Waals surface area (Å²) < 4.78 is 24.7. The molecule has 0 aromatic heterocycles. The number of aliphatic carboxylic acids is 2. The van der Waals surface area contributed by atoms with Gasteiger partial charge in [0.2, 0.25) is 0 Å². The van der Waals surface area contributed by atoms with Crippen LogP contribution in [0.4, 0.5) is 0 Å². The molecule has 2 N–H and O–H groups in total. The second kappa shape index (κ2) is 8.14. The van der Waals surface area contributed by atoms with Gasteiger partial charge in [0, 0.05) is 0 Å². The molecule has 0 saturated carbocycles. The fraction of sp³-hybridized carbons (Fsp3) is 0.833. The fourth-order valence-corrected chi connectivity index (χ4v) is 4.49. The molecule has 112 valence electrons. The lowest BCUT2D eigenvalue weighted by molar-refractivity contribution is -0.137. The van der Waals surface area contributed by atoms with Crippen LogP contribution in [0.15, 0.2) is 0 Å². The Hall–Kier alpha value is -1.11. The molecule has 0 aliphatic carbocycles. The SMILES string of the molecule is CCCC(CC(=O)O)S(=O)(=O)C(CCC)CC(=O)O. The maximum Gasteiger partial charge on any atom is 0.304 e. The van der Waals surface area contributed by atoms with Crippen LogP contribution < -0.4 is 0 Å². The lowest BCUT2D eigenvalue weighted by Gasteiger charge is -2.22. The molecule has 0 bridgehead atoms. The van der Waals surface area contributed by atoms with Crippen molar-refractivity contribution < 1.29 is 28.2 Å². The van der Waals surface area contributed by atoms with Crippen LogP contribution >= 0.6 is 0 Å². The van der Waals surface area contributed by atoms with Crippen molar-refractivity contribution >= 4 is 21.8 Å². The highest BCUT2D eigenvalue weighted by molar-refractivity contribution is 7.92. The van der Waals surface area contributed by atoms with E-state index in [2.05, 4.69) is 0 Å². The highest BCUT2D eigenvalue weighted by Crippen LogP contribution is 2.23. The lowest BCUT2D eigenvalue weighted by atomic mass is 10.2. The molecule has 0 aliphatic heterocycles. The molecular weight excluding hydrogens is 272 g/mol. The van der Waals surface area contributed by atoms with E-state index in [9.17, 15) is 18.0 Å². The molecule has 0 rings (SSSR count). The van der Waals surface area contributed by atoms with Gasteiger partial charge in [-0.1, -0.05) is 26.7 Å². The summed E-state index contributed by atoms with van der Waals surface area (Å²) in [5.41, 5.74) is 0. The van der Waals surface area contributed by atoms with E-state index in [1.165, 1.54) is 0 Å². The van der Waals surface area contributed by atoms with Gasteiger partial charge in [-0.3, -0.25) is 9.59 Å². The van der Waals surface area contributed by atoms with Crippen molar-refractivity contribution in [1.82, 2.24) is 0 Å². The molecule has 0 aliphatic rings. The largest absolute Gasteiger partial charge is 0.481 e. The van der Waals surface area contributed by atoms with Crippen molar-refractivity contribution in [2.24, 2.45) is 0 Å². The minimum Gasteiger partial charge on any atom is -0.481 e. The Morgan fingerprint density at radius 2 is 1.21 bits per heavy atom. The first-order chi connectivity index (χ1) is 8.75. The third-order valence-corrected chi connectivity index (χ3v) is 5.62. The summed E-state index contributed by atoms with van der Waals surface area (Å²) in [5, 5.41) is 15.6. The second-order valence-electron chi connectivity index (χ2n) is 4.61. The van der Waals surface area contributed by atoms with Crippen LogP contribution in [0, 0.1) is 0 Å². The van der Waals surface area contributed by atoms with E-state index >= 15 is 0 Å². The van der Waals surface area contributed by atoms with Crippen LogP contribution in [0.1, 0.15) is 52.4 Å². The third-order valence-electron chi connectivity index (χ3n) is 2.96. The monoisotopic (exact) mass is 294 g/mol. The Kier molecular flexibility index (Phi) is 7.66. The van der Waals surface area contributed by atoms with Gasteiger partial charge in [-0.05, 0) is 12.8 Å². The zero-order chi connectivity index (χ0) is 15.1. The summed E-state index contributed by atoms with van der Waals surface area (Å²) in [4.78, 5) is 21.5. The summed E-state index contributed by atoms with van der Waals surface area (Å²) in [6.45, 7) is 3.55. The number of carboxylic acids is 2. The highest BCUT2D eigenvalue weighted by Gasteiger charge is 2.35. The van der Waals surface area contributed by atoms with Gasteiger partial charge in [-0.2, -0.15) is 0 Å². The smallest absolute Gasteiger partial charge is 0.304 e. The lowest BCUT2D eigenvalue weighted by Crippen LogP contribution is -2.35. The van der Waals surface area contributed by atoms with Gasteiger partial charge >= 0.3 is 11.9 Å². The van der Waals surface area contributed by atoms with Crippen molar-refractivity contribution in [2.75, 3.05) is 0 Å². The Balaban J connectivity index is 5.19. The predicted molar refractivity (Wildman–Crippen MR) is 70.8 cm³/mol. The number of carboxylic acid groups (broad SMARTS) is 2. The normalized spacial score (nSPS) is 14.8. The Labute approximate surface area is 113 Å². The van der Waals surface area contributed by atoms with Crippen LogP contribution in [0.3, 0.4) is 0 Å². The third kappa shape index (κ3) is 6.04. The van der Waals surface area contributed by atoms with E-state index in [0.717, 1.165) is 0 Å². The minimum atomic E-state index is -3.74. The van der Waals surface area contributed by atoms with Crippen LogP contribution in [0.25, 0.3) is 0 Å². The molecule has 0 aromatic carbocycles. The van der Waals surface area contributed by atoms with Crippen molar-refractivity contribution in [3.05, 3.63) is 0 Å². The van der Waals surface area contributed by atoms with E-state index in [1.807, 2.05) is 0 Å². The van der Waals surface area contributed by atoms with E-state index in [1.54, 1.807) is 13.8 Å². The molecule has 0 amide bonds. The Bertz CT molecular complexity index is 368. The quantitative estimate of drug-likeness (QED) is 0.634. The summed E-state index contributed by atoms with van der Waals surface area (Å²) in [6, 6.07) is 0. The molecule has 0 spiro atoms. The number of hydrogen-bond donors (Lipinski definition) is 2. The summed E-state index contributed by atoms with van der Waals surface area (Å²) in [5.74, 6) is -2.35. The van der Waals surface area contributed by atoms with Gasteiger partial charge in [0.1, 0.15) is 0 Å². The molecule has 2 atom stereocenters. The number of sulfone groups is 1. The maximum atomic E-state index is 12.4. The predicted octanol–water partition coefficient (Wildman–Crippen LogP) is 1.69. The molecule has 2 unspecified atom stereocenters. The van der Waals surface area contributed by atoms with Gasteiger partial charge in [-0.15, -0.1) is 0 Å². The summed E-state index contributed by atoms with van der Waals surface area (Å²) >= 11 is 0. The topological polar surface area (TPSA) is 109 Å². The zero-order valence-corrected chi connectivity index (χ0v) is 12.1. The fourth-order valence-electron chi connectivity index (χ4n) is 2.07. The number of hydrogen-bond acceptors (Lipinski definition) is 4. The Morgan fingerprint density at radius 3 is 1.42 bits per heavy atom. The molecule has 0 fully saturated rings. The van der Waals surface area contributed by atoms with Crippen molar-refractivity contribution in [2.45, 2.75) is 62.9 Å². The van der Waals surface area contributed by atoms with Crippen LogP contribution in [-0.4, -0.2) is 41.1 Å². The van der Waals surface area contributed by atoms with Gasteiger partial charge < -0.3 is 10.2 Å². The average molecular weight is 294 g/mol. The van der Waals surface area contributed by atoms with E-state index in [4.69, 9.17) is 10.2 Å². The van der Waals surface area contributed by atoms with E-state index in [0.29, 0.717) is 12.8 Å². The molecule has 0 aromatic rings. The van der Waals surface area contributed by atoms with Gasteiger partial charge in [0.05, 0.1) is 23.3 Å². The standard InChI is InChI=1S/C12H22O6S/c1-3-5-9(7-11(13)14)19(17,18)10(6-4-2)8-12(15)16/h9-10H,3-8H2,1-2H3,(H,13,14)(H,15,16). The van der Waals surface area contributed by atoms with Crippen LogP contribution in [0.5, 0.6) is 0 Å². The van der Waals surface area contributed by atoms with Gasteiger partial charge in [0.25, 0.3) is 0 Å². The maximum absolute atomic E-state index is 12.4. The Morgan fingerprint density at radius 1 is 0.895 bits per heavy atom. The molecule has 19 heavy (non-hydrogen) atoms. The van der Waals surface area contributed by atoms with Crippen LogP contribution in [0.2, 0.25) is 0 Å². The highest BCUT2D eigenvalue weighted by atomic mass is 32.2. The molecule has 0 heterocycles. The molecule has 0 radical (unpaired) electrons. The molecular formula is C12H22O6S. The first kappa shape index (κ1) is 17.9.